The lowest BCUT2D eigenvalue weighted by Gasteiger charge is -2.39. The molecule has 0 bridgehead atoms. The third-order valence-electron chi connectivity index (χ3n) is 25.0. The lowest BCUT2D eigenvalue weighted by Crippen LogP contribution is -2.47. The molecule has 5 atom stereocenters. The highest BCUT2D eigenvalue weighted by Crippen LogP contribution is 2.46. The molecular weight excluding hydrogens is 1710 g/mol. The Hall–Kier alpha value is -12.3. The van der Waals surface area contributed by atoms with Crippen LogP contribution in [0.15, 0.2) is 181 Å². The number of hydrogen-bond donors (Lipinski definition) is 4. The lowest BCUT2D eigenvalue weighted by molar-refractivity contribution is -0.142. The van der Waals surface area contributed by atoms with Crippen LogP contribution in [0.1, 0.15) is 172 Å². The van der Waals surface area contributed by atoms with Gasteiger partial charge in [0.2, 0.25) is 0 Å². The number of piperazine rings is 3. The van der Waals surface area contributed by atoms with Gasteiger partial charge in [-0.05, 0) is 154 Å². The first kappa shape index (κ1) is 95.3. The van der Waals surface area contributed by atoms with Crippen molar-refractivity contribution in [1.82, 2.24) is 48.4 Å². The van der Waals surface area contributed by atoms with Crippen molar-refractivity contribution >= 4 is 78.8 Å². The molecule has 33 nitrogen and oxygen atoms in total. The third kappa shape index (κ3) is 21.1. The van der Waals surface area contributed by atoms with Crippen molar-refractivity contribution in [2.24, 2.45) is 7.05 Å². The van der Waals surface area contributed by atoms with Gasteiger partial charge in [0.1, 0.15) is 12.4 Å². The van der Waals surface area contributed by atoms with Crippen LogP contribution in [0.25, 0.3) is 0 Å². The van der Waals surface area contributed by atoms with Crippen LogP contribution in [-0.4, -0.2) is 261 Å². The van der Waals surface area contributed by atoms with E-state index in [9.17, 15) is 55.0 Å². The van der Waals surface area contributed by atoms with Gasteiger partial charge >= 0.3 is 16.3 Å². The van der Waals surface area contributed by atoms with Crippen molar-refractivity contribution in [2.45, 2.75) is 88.6 Å². The third-order valence-corrected chi connectivity index (χ3v) is 26.9. The number of imidazole rings is 1. The minimum absolute atomic E-state index is 0.0200. The molecule has 3 fully saturated rings. The van der Waals surface area contributed by atoms with E-state index in [2.05, 4.69) is 96.3 Å². The van der Waals surface area contributed by atoms with Gasteiger partial charge in [0.25, 0.3) is 45.5 Å². The lowest BCUT2D eigenvalue weighted by atomic mass is 9.99. The summed E-state index contributed by atoms with van der Waals surface area (Å²) in [7, 11) is 2.38. The fourth-order valence-electron chi connectivity index (χ4n) is 17.8. The molecule has 1 aromatic heterocycles. The molecule has 8 aromatic carbocycles. The molecule has 0 radical (unpaired) electrons. The molecule has 35 heteroatoms. The molecule has 6 aliphatic rings. The second-order valence-corrected chi connectivity index (χ2v) is 35.2. The number of likely N-dealkylation sites (N-methyl/N-ethyl adjacent to an activating group) is 1. The van der Waals surface area contributed by atoms with Crippen molar-refractivity contribution in [3.63, 3.8) is 0 Å². The van der Waals surface area contributed by atoms with Crippen LogP contribution >= 0.6 is 0 Å². The first-order chi connectivity index (χ1) is 62.5. The van der Waals surface area contributed by atoms with Gasteiger partial charge in [0, 0.05) is 124 Å². The van der Waals surface area contributed by atoms with Gasteiger partial charge in [-0.25, -0.2) is 22.9 Å². The second-order valence-electron chi connectivity index (χ2n) is 32.2. The zero-order valence-corrected chi connectivity index (χ0v) is 76.6. The van der Waals surface area contributed by atoms with Crippen LogP contribution in [0.4, 0.5) is 17.1 Å². The van der Waals surface area contributed by atoms with E-state index in [1.807, 2.05) is 65.4 Å². The van der Waals surface area contributed by atoms with Crippen LogP contribution in [0.5, 0.6) is 34.5 Å². The number of hydrogen-bond acceptors (Lipinski definition) is 25. The smallest absolute Gasteiger partial charge is 0.333 e. The number of methoxy groups -OCH3 is 6. The normalized spacial score (nSPS) is 16.7. The number of rotatable bonds is 35. The van der Waals surface area contributed by atoms with Crippen molar-refractivity contribution < 1.29 is 93.2 Å². The van der Waals surface area contributed by atoms with E-state index < -0.39 is 74.7 Å². The number of sulfonamides is 1. The predicted octanol–water partition coefficient (Wildman–Crippen LogP) is 11.1. The summed E-state index contributed by atoms with van der Waals surface area (Å²) in [4.78, 5) is 117. The number of amides is 6. The fraction of sp³-hybridized carbons (Fsp3) is 0.389. The summed E-state index contributed by atoms with van der Waals surface area (Å²) < 4.78 is 102. The van der Waals surface area contributed by atoms with Gasteiger partial charge in [-0.15, -0.1) is 0 Å². The predicted molar refractivity (Wildman–Crippen MR) is 489 cm³/mol. The minimum Gasteiger partial charge on any atom is -0.493 e. The van der Waals surface area contributed by atoms with Crippen molar-refractivity contribution in [3.8, 4) is 34.5 Å². The molecule has 6 aliphatic heterocycles. The number of nitrogens with one attached hydrogen (secondary N) is 2. The molecule has 15 rings (SSSR count). The molecular formula is C95H113N13O20S2. The number of aliphatic carboxylic acids is 1. The van der Waals surface area contributed by atoms with E-state index in [0.717, 1.165) is 70.3 Å². The summed E-state index contributed by atoms with van der Waals surface area (Å²) in [6, 6.07) is 50.7. The fourth-order valence-corrected chi connectivity index (χ4v) is 19.3. The summed E-state index contributed by atoms with van der Waals surface area (Å²) in [5.41, 5.74) is 8.76. The first-order valence-electron chi connectivity index (χ1n) is 43.3. The molecule has 130 heavy (non-hydrogen) atoms. The van der Waals surface area contributed by atoms with Crippen LogP contribution in [0.2, 0.25) is 0 Å². The Morgan fingerprint density at radius 1 is 0.438 bits per heavy atom. The van der Waals surface area contributed by atoms with Crippen molar-refractivity contribution in [1.29, 1.82) is 0 Å². The molecule has 690 valence electrons. The number of imide groups is 3. The molecule has 7 heterocycles. The van der Waals surface area contributed by atoms with Crippen LogP contribution in [0, 0.1) is 6.92 Å². The van der Waals surface area contributed by atoms with Crippen LogP contribution in [-0.2, 0) is 36.9 Å². The van der Waals surface area contributed by atoms with Crippen molar-refractivity contribution in [3.05, 3.63) is 243 Å². The monoisotopic (exact) mass is 1820 g/mol. The number of carbonyl (C=O) groups is 7. The maximum absolute atomic E-state index is 14.4. The Balaban J connectivity index is 0.000000168. The minimum atomic E-state index is -4.47. The van der Waals surface area contributed by atoms with Gasteiger partial charge in [0.05, 0.1) is 111 Å². The molecule has 0 unspecified atom stereocenters. The number of nitrogens with zero attached hydrogens (tertiary/aromatic N) is 11. The molecule has 0 saturated carbocycles. The average Bonchev–Trinajstić information content (AvgIpc) is 1.60. The van der Waals surface area contributed by atoms with E-state index in [-0.39, 0.29) is 61.5 Å². The summed E-state index contributed by atoms with van der Waals surface area (Å²) in [5.74, 6) is -0.136. The van der Waals surface area contributed by atoms with E-state index in [0.29, 0.717) is 135 Å². The molecule has 9 aromatic rings. The zero-order valence-electron chi connectivity index (χ0n) is 75.0. The maximum atomic E-state index is 14.4. The standard InChI is InChI=1S/C36H42N6O6S.C31H36N4O7S.C28H35N3O7/c1-24(26-10-7-6-8-11-26)40-18-20-41(21-19-40)30-13-9-12-28-34(30)36(44)42(35(28)43)29(27-14-15-31(47-4)32(22-27)48-5)16-17-37-49(45,46)33-23-39(3)25(2)38-33;1-21(22-8-5-4-6-9-22)33-16-18-34(19-17-33)26-11-7-10-24-29(26)31(37)35(30(24)36)25(14-15-32-43(38,39)40)23-12-13-27(41-2)28(20-23)42-3;1-4-29-12-14-30(15-13-29)22-8-5-7-20-26(22)28(35)31(27(20)34)21(9-6-16-38-18-25(32)33)19-10-11-23(36-2)24(17-19)37-3/h6-15,22-24,29,37H,16-21H2,1-5H3;4-13,20-21,25,32H,14-19H2,1-3H3,(H,38,39,40);5,7-8,10-11,17,21H,4,6,9,12-16,18H2,1-3H3,(H,32,33)/t24-,29-;21-,25-;21-/m111/s1. The average molecular weight is 1820 g/mol. The molecule has 4 N–H and O–H groups in total. The highest BCUT2D eigenvalue weighted by Gasteiger charge is 2.47. The Kier molecular flexibility index (Phi) is 31.1. The maximum Gasteiger partial charge on any atom is 0.333 e. The highest BCUT2D eigenvalue weighted by molar-refractivity contribution is 7.89. The zero-order chi connectivity index (χ0) is 92.8. The van der Waals surface area contributed by atoms with Gasteiger partial charge in [-0.3, -0.25) is 57.8 Å². The Morgan fingerprint density at radius 3 is 1.12 bits per heavy atom. The SMILES string of the molecule is CCN1CCN(c2cccc3c2C(=O)N([C@H](CCCOCC(=O)O)c2ccc(OC)c(OC)c2)C3=O)CC1.COc1ccc([C@@H](CCNS(=O)(=O)O)N2C(=O)c3cccc(N4CCN([C@H](C)c5ccccc5)CC4)c3C2=O)cc1OC.COc1ccc([C@@H](CCNS(=O)(=O)c2cn(C)c(C)n2)N2C(=O)c3cccc(N4CCN([C@H](C)c5ccccc5)CC4)c3C2=O)cc1OC. The number of aryl methyl sites for hydroxylation is 2. The van der Waals surface area contributed by atoms with E-state index in [4.69, 9.17) is 38.3 Å². The number of carbonyl (C=O) groups excluding carboxylic acids is 6. The number of carboxylic acids is 1. The Labute approximate surface area is 758 Å². The number of carboxylic acid groups (broad SMARTS) is 1. The molecule has 6 amide bonds. The number of anilines is 3. The topological polar surface area (TPSA) is 364 Å². The number of fused-ring (bicyclic) bond motifs is 3. The van der Waals surface area contributed by atoms with Crippen LogP contribution in [0.3, 0.4) is 0 Å². The first-order valence-corrected chi connectivity index (χ1v) is 46.2. The summed E-state index contributed by atoms with van der Waals surface area (Å²) in [6.45, 7) is 18.1. The van der Waals surface area contributed by atoms with E-state index in [1.165, 1.54) is 67.6 Å². The van der Waals surface area contributed by atoms with Gasteiger partial charge in [-0.2, -0.15) is 13.1 Å². The Bertz CT molecular complexity index is 5810. The molecule has 0 spiro atoms. The van der Waals surface area contributed by atoms with Gasteiger partial charge in [-0.1, -0.05) is 104 Å². The highest BCUT2D eigenvalue weighted by atomic mass is 32.2. The van der Waals surface area contributed by atoms with Crippen LogP contribution < -0.4 is 52.6 Å². The summed E-state index contributed by atoms with van der Waals surface area (Å²) >= 11 is 0. The van der Waals surface area contributed by atoms with Gasteiger partial charge < -0.3 is 62.4 Å². The second kappa shape index (κ2) is 42.5. The number of aromatic nitrogens is 2. The largest absolute Gasteiger partial charge is 0.493 e. The summed E-state index contributed by atoms with van der Waals surface area (Å²) in [6.07, 6.45) is 2.41. The number of ether oxygens (including phenoxy) is 7. The number of benzene rings is 8. The summed E-state index contributed by atoms with van der Waals surface area (Å²) in [5, 5.41) is 8.76. The van der Waals surface area contributed by atoms with Gasteiger partial charge in [0.15, 0.2) is 39.5 Å². The molecule has 0 aliphatic carbocycles. The molecule has 3 saturated heterocycles. The van der Waals surface area contributed by atoms with E-state index in [1.54, 1.807) is 98.4 Å². The quantitative estimate of drug-likeness (QED) is 0.0163. The Morgan fingerprint density at radius 2 is 0.792 bits per heavy atom. The van der Waals surface area contributed by atoms with E-state index >= 15 is 0 Å². The van der Waals surface area contributed by atoms with Crippen molar-refractivity contribution in [2.75, 3.05) is 169 Å².